The molecule has 1 saturated heterocycles. The van der Waals surface area contributed by atoms with Gasteiger partial charge >= 0.3 is 0 Å². The average molecular weight is 386 g/mol. The monoisotopic (exact) mass is 384 g/mol. The van der Waals surface area contributed by atoms with E-state index in [1.807, 2.05) is 0 Å². The van der Waals surface area contributed by atoms with Gasteiger partial charge in [0.25, 0.3) is 0 Å². The van der Waals surface area contributed by atoms with E-state index in [2.05, 4.69) is 56.5 Å². The molecule has 1 fully saturated rings. The van der Waals surface area contributed by atoms with E-state index < -0.39 is 0 Å². The summed E-state index contributed by atoms with van der Waals surface area (Å²) in [5.41, 5.74) is 2.48. The van der Waals surface area contributed by atoms with Gasteiger partial charge in [0.2, 0.25) is 0 Å². The van der Waals surface area contributed by atoms with Gasteiger partial charge in [0.1, 0.15) is 4.34 Å². The molecule has 0 radical (unpaired) electrons. The van der Waals surface area contributed by atoms with Crippen LogP contribution in [0.5, 0.6) is 0 Å². The second kappa shape index (κ2) is 7.03. The van der Waals surface area contributed by atoms with Crippen molar-refractivity contribution in [1.82, 2.24) is 0 Å². The number of piperidine rings is 1. The fraction of sp³-hybridized carbons (Fsp3) is 0.375. The molecule has 0 saturated carbocycles. The standard InChI is InChI=1S/C16H18BrClN2S/c17-15-10-14(21-16(15)18)11-19-12-4-6-13(7-5-12)20-8-2-1-3-9-20/h4-7,10,19H,1-3,8-9,11H2. The van der Waals surface area contributed by atoms with E-state index in [9.17, 15) is 0 Å². The van der Waals surface area contributed by atoms with Crippen molar-refractivity contribution in [3.05, 3.63) is 44.0 Å². The topological polar surface area (TPSA) is 15.3 Å². The molecule has 3 rings (SSSR count). The first-order valence-corrected chi connectivity index (χ1v) is 9.24. The fourth-order valence-electron chi connectivity index (χ4n) is 2.61. The second-order valence-corrected chi connectivity index (χ2v) is 7.88. The van der Waals surface area contributed by atoms with Crippen LogP contribution in [0.25, 0.3) is 0 Å². The Morgan fingerprint density at radius 1 is 1.14 bits per heavy atom. The van der Waals surface area contributed by atoms with Gasteiger partial charge in [-0.25, -0.2) is 0 Å². The summed E-state index contributed by atoms with van der Waals surface area (Å²) in [4.78, 5) is 3.70. The summed E-state index contributed by atoms with van der Waals surface area (Å²) in [6.45, 7) is 3.18. The van der Waals surface area contributed by atoms with Crippen LogP contribution in [0.1, 0.15) is 24.1 Å². The molecule has 1 N–H and O–H groups in total. The van der Waals surface area contributed by atoms with Crippen LogP contribution in [0.4, 0.5) is 11.4 Å². The summed E-state index contributed by atoms with van der Waals surface area (Å²) in [7, 11) is 0. The quantitative estimate of drug-likeness (QED) is 0.719. The Kier molecular flexibility index (Phi) is 5.09. The first kappa shape index (κ1) is 15.2. The number of hydrogen-bond donors (Lipinski definition) is 1. The highest BCUT2D eigenvalue weighted by atomic mass is 79.9. The van der Waals surface area contributed by atoms with Crippen LogP contribution < -0.4 is 10.2 Å². The molecular formula is C16H18BrClN2S. The zero-order valence-corrected chi connectivity index (χ0v) is 14.9. The molecule has 1 aliphatic heterocycles. The number of rotatable bonds is 4. The van der Waals surface area contributed by atoms with Gasteiger partial charge in [0, 0.05) is 40.4 Å². The molecule has 0 bridgehead atoms. The summed E-state index contributed by atoms with van der Waals surface area (Å²) in [5, 5.41) is 3.44. The van der Waals surface area contributed by atoms with Crippen molar-refractivity contribution in [3.8, 4) is 0 Å². The first-order chi connectivity index (χ1) is 10.2. The lowest BCUT2D eigenvalue weighted by atomic mass is 10.1. The molecule has 5 heteroatoms. The van der Waals surface area contributed by atoms with Gasteiger partial charge in [0.15, 0.2) is 0 Å². The van der Waals surface area contributed by atoms with Crippen molar-refractivity contribution in [2.45, 2.75) is 25.8 Å². The zero-order valence-electron chi connectivity index (χ0n) is 11.7. The Bertz CT molecular complexity index is 571. The van der Waals surface area contributed by atoms with Gasteiger partial charge in [0.05, 0.1) is 0 Å². The predicted octanol–water partition coefficient (Wildman–Crippen LogP) is 5.77. The minimum absolute atomic E-state index is 0.805. The minimum atomic E-state index is 0.805. The van der Waals surface area contributed by atoms with Crippen molar-refractivity contribution in [2.24, 2.45) is 0 Å². The number of nitrogens with zero attached hydrogens (tertiary/aromatic N) is 1. The number of halogens is 2. The van der Waals surface area contributed by atoms with Crippen LogP contribution in [0.2, 0.25) is 4.34 Å². The van der Waals surface area contributed by atoms with Crippen LogP contribution in [0.15, 0.2) is 34.8 Å². The highest BCUT2D eigenvalue weighted by Gasteiger charge is 2.10. The van der Waals surface area contributed by atoms with Crippen LogP contribution in [-0.2, 0) is 6.54 Å². The molecule has 1 aromatic carbocycles. The number of nitrogens with one attached hydrogen (secondary N) is 1. The molecule has 1 aliphatic rings. The molecule has 112 valence electrons. The normalized spacial score (nSPS) is 15.2. The van der Waals surface area contributed by atoms with E-state index in [0.29, 0.717) is 0 Å². The Balaban J connectivity index is 1.59. The third-order valence-electron chi connectivity index (χ3n) is 3.75. The smallest absolute Gasteiger partial charge is 0.107 e. The second-order valence-electron chi connectivity index (χ2n) is 5.28. The lowest BCUT2D eigenvalue weighted by molar-refractivity contribution is 0.578. The predicted molar refractivity (Wildman–Crippen MR) is 96.9 cm³/mol. The molecule has 0 atom stereocenters. The van der Waals surface area contributed by atoms with E-state index in [4.69, 9.17) is 11.6 Å². The molecular weight excluding hydrogens is 368 g/mol. The summed E-state index contributed by atoms with van der Waals surface area (Å²) in [5.74, 6) is 0. The molecule has 0 amide bonds. The Morgan fingerprint density at radius 3 is 2.48 bits per heavy atom. The summed E-state index contributed by atoms with van der Waals surface area (Å²) >= 11 is 11.1. The van der Waals surface area contributed by atoms with Gasteiger partial charge in [-0.05, 0) is 65.5 Å². The zero-order chi connectivity index (χ0) is 14.7. The van der Waals surface area contributed by atoms with E-state index in [-0.39, 0.29) is 0 Å². The maximum atomic E-state index is 6.06. The van der Waals surface area contributed by atoms with Crippen LogP contribution in [0, 0.1) is 0 Å². The van der Waals surface area contributed by atoms with E-state index in [1.54, 1.807) is 11.3 Å². The SMILES string of the molecule is Clc1sc(CNc2ccc(N3CCCCC3)cc2)cc1Br. The average Bonchev–Trinajstić information content (AvgIpc) is 2.85. The van der Waals surface area contributed by atoms with E-state index in [1.165, 1.54) is 42.9 Å². The maximum Gasteiger partial charge on any atom is 0.107 e. The molecule has 21 heavy (non-hydrogen) atoms. The van der Waals surface area contributed by atoms with E-state index in [0.717, 1.165) is 21.0 Å². The highest BCUT2D eigenvalue weighted by molar-refractivity contribution is 9.10. The molecule has 2 nitrogen and oxygen atoms in total. The minimum Gasteiger partial charge on any atom is -0.380 e. The number of anilines is 2. The Labute approximate surface area is 143 Å². The fourth-order valence-corrected chi connectivity index (χ4v) is 4.34. The van der Waals surface area contributed by atoms with Crippen LogP contribution >= 0.6 is 38.9 Å². The highest BCUT2D eigenvalue weighted by Crippen LogP contribution is 2.32. The Morgan fingerprint density at radius 2 is 1.86 bits per heavy atom. The summed E-state index contributed by atoms with van der Waals surface area (Å²) < 4.78 is 1.79. The summed E-state index contributed by atoms with van der Waals surface area (Å²) in [6, 6.07) is 10.8. The van der Waals surface area contributed by atoms with Crippen molar-refractivity contribution < 1.29 is 0 Å². The van der Waals surface area contributed by atoms with Crippen molar-refractivity contribution in [2.75, 3.05) is 23.3 Å². The van der Waals surface area contributed by atoms with Crippen molar-refractivity contribution >= 4 is 50.2 Å². The number of thiophene rings is 1. The molecule has 1 aromatic heterocycles. The molecule has 0 aliphatic carbocycles. The molecule has 0 spiro atoms. The van der Waals surface area contributed by atoms with Gasteiger partial charge in [-0.3, -0.25) is 0 Å². The van der Waals surface area contributed by atoms with Crippen LogP contribution in [-0.4, -0.2) is 13.1 Å². The Hall–Kier alpha value is -0.710. The lowest BCUT2D eigenvalue weighted by Gasteiger charge is -2.28. The van der Waals surface area contributed by atoms with Gasteiger partial charge in [-0.1, -0.05) is 11.6 Å². The summed E-state index contributed by atoms with van der Waals surface area (Å²) in [6.07, 6.45) is 4.00. The van der Waals surface area contributed by atoms with Crippen LogP contribution in [0.3, 0.4) is 0 Å². The third-order valence-corrected chi connectivity index (χ3v) is 6.23. The lowest BCUT2D eigenvalue weighted by Crippen LogP contribution is -2.29. The molecule has 2 aromatic rings. The number of hydrogen-bond acceptors (Lipinski definition) is 3. The van der Waals surface area contributed by atoms with Gasteiger partial charge in [-0.15, -0.1) is 11.3 Å². The number of benzene rings is 1. The molecule has 2 heterocycles. The van der Waals surface area contributed by atoms with Gasteiger partial charge in [-0.2, -0.15) is 0 Å². The van der Waals surface area contributed by atoms with Crippen molar-refractivity contribution in [1.29, 1.82) is 0 Å². The first-order valence-electron chi connectivity index (χ1n) is 7.25. The third kappa shape index (κ3) is 3.93. The maximum absolute atomic E-state index is 6.06. The van der Waals surface area contributed by atoms with Crippen molar-refractivity contribution in [3.63, 3.8) is 0 Å². The van der Waals surface area contributed by atoms with Gasteiger partial charge < -0.3 is 10.2 Å². The van der Waals surface area contributed by atoms with E-state index >= 15 is 0 Å². The largest absolute Gasteiger partial charge is 0.380 e. The molecule has 0 unspecified atom stereocenters.